The van der Waals surface area contributed by atoms with E-state index >= 15 is 0 Å². The molecule has 1 aromatic carbocycles. The lowest BCUT2D eigenvalue weighted by Gasteiger charge is -2.30. The number of nitrogens with one attached hydrogen (secondary N) is 1. The van der Waals surface area contributed by atoms with Crippen LogP contribution in [-0.4, -0.2) is 38.1 Å². The molecule has 0 atom stereocenters. The van der Waals surface area contributed by atoms with Crippen molar-refractivity contribution in [1.82, 2.24) is 10.2 Å². The van der Waals surface area contributed by atoms with Crippen LogP contribution >= 0.6 is 0 Å². The van der Waals surface area contributed by atoms with E-state index in [-0.39, 0.29) is 23.6 Å². The zero-order valence-electron chi connectivity index (χ0n) is 13.1. The number of aromatic nitrogens is 2. The number of sulfonamides is 1. The van der Waals surface area contributed by atoms with Gasteiger partial charge in [-0.2, -0.15) is 5.10 Å². The molecule has 0 radical (unpaired) electrons. The number of ketones is 1. The van der Waals surface area contributed by atoms with Crippen molar-refractivity contribution in [3.05, 3.63) is 35.2 Å². The summed E-state index contributed by atoms with van der Waals surface area (Å²) < 4.78 is 32.6. The van der Waals surface area contributed by atoms with Crippen molar-refractivity contribution < 1.29 is 17.9 Å². The third kappa shape index (κ3) is 2.39. The molecule has 0 aliphatic carbocycles. The molecule has 3 rings (SSSR count). The van der Waals surface area contributed by atoms with Crippen LogP contribution in [0.4, 0.5) is 5.69 Å². The Kier molecular flexibility index (Phi) is 3.63. The first-order valence-electron chi connectivity index (χ1n) is 7.12. The number of benzene rings is 1. The van der Waals surface area contributed by atoms with Gasteiger partial charge < -0.3 is 4.74 Å². The molecule has 1 N–H and O–H groups in total. The maximum absolute atomic E-state index is 13.1. The fraction of sp³-hybridized carbons (Fsp3) is 0.333. The summed E-state index contributed by atoms with van der Waals surface area (Å²) in [4.78, 5) is 12.3. The van der Waals surface area contributed by atoms with Crippen molar-refractivity contribution in [1.29, 1.82) is 0 Å². The zero-order valence-corrected chi connectivity index (χ0v) is 13.9. The van der Waals surface area contributed by atoms with E-state index in [1.165, 1.54) is 11.4 Å². The predicted molar refractivity (Wildman–Crippen MR) is 84.5 cm³/mol. The fourth-order valence-electron chi connectivity index (χ4n) is 2.82. The second kappa shape index (κ2) is 5.38. The number of methoxy groups -OCH3 is 1. The highest BCUT2D eigenvalue weighted by Crippen LogP contribution is 2.35. The number of nitrogens with zero attached hydrogens (tertiary/aromatic N) is 2. The second-order valence-electron chi connectivity index (χ2n) is 5.40. The molecule has 1 aliphatic rings. The second-order valence-corrected chi connectivity index (χ2v) is 7.20. The Hall–Kier alpha value is -2.35. The lowest BCUT2D eigenvalue weighted by molar-refractivity contribution is 0.0982. The van der Waals surface area contributed by atoms with E-state index in [4.69, 9.17) is 4.74 Å². The smallest absolute Gasteiger partial charge is 0.268 e. The van der Waals surface area contributed by atoms with Crippen LogP contribution in [0.25, 0.3) is 0 Å². The minimum Gasteiger partial charge on any atom is -0.497 e. The van der Waals surface area contributed by atoms with Crippen molar-refractivity contribution in [3.63, 3.8) is 0 Å². The highest BCUT2D eigenvalue weighted by atomic mass is 32.2. The van der Waals surface area contributed by atoms with Crippen LogP contribution in [0.3, 0.4) is 0 Å². The van der Waals surface area contributed by atoms with Gasteiger partial charge in [0, 0.05) is 24.6 Å². The quantitative estimate of drug-likeness (QED) is 0.923. The number of ether oxygens (including phenoxy) is 1. The largest absolute Gasteiger partial charge is 0.497 e. The Morgan fingerprint density at radius 1 is 1.30 bits per heavy atom. The van der Waals surface area contributed by atoms with Crippen LogP contribution in [-0.2, 0) is 10.0 Å². The van der Waals surface area contributed by atoms with Gasteiger partial charge in [-0.05, 0) is 26.0 Å². The topological polar surface area (TPSA) is 92.4 Å². The molecule has 0 saturated carbocycles. The normalized spacial score (nSPS) is 14.7. The van der Waals surface area contributed by atoms with Crippen molar-refractivity contribution in [2.75, 3.05) is 18.0 Å². The molecule has 122 valence electrons. The van der Waals surface area contributed by atoms with Crippen LogP contribution in [0.2, 0.25) is 0 Å². The number of carbonyl (C=O) groups excluding carboxylic acids is 1. The minimum atomic E-state index is -3.81. The number of hydrogen-bond donors (Lipinski definition) is 1. The summed E-state index contributed by atoms with van der Waals surface area (Å²) in [6.07, 6.45) is 0.147. The van der Waals surface area contributed by atoms with Crippen molar-refractivity contribution in [3.8, 4) is 5.75 Å². The molecular formula is C15H17N3O4S. The van der Waals surface area contributed by atoms with E-state index in [1.807, 2.05) is 0 Å². The summed E-state index contributed by atoms with van der Waals surface area (Å²) in [6.45, 7) is 3.40. The summed E-state index contributed by atoms with van der Waals surface area (Å²) in [5, 5.41) is 6.65. The number of carbonyl (C=O) groups is 1. The number of Topliss-reactive ketones (excluding diaryl/α,β-unsaturated/α-hetero) is 1. The van der Waals surface area contributed by atoms with E-state index in [0.29, 0.717) is 28.4 Å². The van der Waals surface area contributed by atoms with Gasteiger partial charge in [0.25, 0.3) is 10.0 Å². The fourth-order valence-corrected chi connectivity index (χ4v) is 4.63. The highest BCUT2D eigenvalue weighted by molar-refractivity contribution is 7.93. The number of H-pyrrole nitrogens is 1. The number of rotatable bonds is 3. The Balaban J connectivity index is 2.19. The molecule has 2 aromatic rings. The van der Waals surface area contributed by atoms with E-state index < -0.39 is 10.0 Å². The van der Waals surface area contributed by atoms with Gasteiger partial charge >= 0.3 is 0 Å². The summed E-state index contributed by atoms with van der Waals surface area (Å²) in [6, 6.07) is 4.84. The predicted octanol–water partition coefficient (Wildman–Crippen LogP) is 1.82. The molecule has 0 unspecified atom stereocenters. The third-order valence-corrected chi connectivity index (χ3v) is 6.00. The first kappa shape index (κ1) is 15.5. The average molecular weight is 335 g/mol. The molecule has 23 heavy (non-hydrogen) atoms. The van der Waals surface area contributed by atoms with E-state index in [0.717, 1.165) is 0 Å². The molecule has 0 bridgehead atoms. The number of aryl methyl sites for hydroxylation is 2. The summed E-state index contributed by atoms with van der Waals surface area (Å²) in [5.41, 5.74) is 1.62. The van der Waals surface area contributed by atoms with Gasteiger partial charge in [-0.15, -0.1) is 0 Å². The van der Waals surface area contributed by atoms with Crippen LogP contribution in [0.15, 0.2) is 23.1 Å². The van der Waals surface area contributed by atoms with Gasteiger partial charge in [-0.3, -0.25) is 14.2 Å². The van der Waals surface area contributed by atoms with Crippen LogP contribution in [0.1, 0.15) is 28.2 Å². The van der Waals surface area contributed by atoms with Crippen molar-refractivity contribution >= 4 is 21.5 Å². The number of fused-ring (bicyclic) bond motifs is 1. The third-order valence-electron chi connectivity index (χ3n) is 3.92. The van der Waals surface area contributed by atoms with Crippen molar-refractivity contribution in [2.24, 2.45) is 0 Å². The maximum Gasteiger partial charge on any atom is 0.268 e. The van der Waals surface area contributed by atoms with E-state index in [1.54, 1.807) is 32.0 Å². The van der Waals surface area contributed by atoms with Crippen LogP contribution in [0, 0.1) is 13.8 Å². The number of aromatic amines is 1. The molecule has 0 amide bonds. The van der Waals surface area contributed by atoms with Gasteiger partial charge in [-0.25, -0.2) is 8.42 Å². The summed E-state index contributed by atoms with van der Waals surface area (Å²) >= 11 is 0. The summed E-state index contributed by atoms with van der Waals surface area (Å²) in [5.74, 6) is 0.425. The Bertz CT molecular complexity index is 867. The Morgan fingerprint density at radius 2 is 2.04 bits per heavy atom. The molecule has 1 aromatic heterocycles. The van der Waals surface area contributed by atoms with Gasteiger partial charge in [0.15, 0.2) is 5.78 Å². The number of anilines is 1. The van der Waals surface area contributed by atoms with Crippen molar-refractivity contribution in [2.45, 2.75) is 25.2 Å². The Morgan fingerprint density at radius 3 is 2.65 bits per heavy atom. The minimum absolute atomic E-state index is 0.0743. The zero-order chi connectivity index (χ0) is 16.8. The average Bonchev–Trinajstić information content (AvgIpc) is 2.86. The lowest BCUT2D eigenvalue weighted by atomic mass is 10.0. The van der Waals surface area contributed by atoms with E-state index in [9.17, 15) is 13.2 Å². The SMILES string of the molecule is COc1ccc2c(c1)N(S(=O)(=O)c1c(C)n[nH]c1C)CCC2=O. The first-order chi connectivity index (χ1) is 10.9. The monoisotopic (exact) mass is 335 g/mol. The maximum atomic E-state index is 13.1. The molecule has 1 aliphatic heterocycles. The van der Waals surface area contributed by atoms with Crippen LogP contribution in [0.5, 0.6) is 5.75 Å². The molecule has 0 fully saturated rings. The summed E-state index contributed by atoms with van der Waals surface area (Å²) in [7, 11) is -2.31. The Labute approximate surface area is 134 Å². The van der Waals surface area contributed by atoms with Gasteiger partial charge in [0.05, 0.1) is 24.2 Å². The van der Waals surface area contributed by atoms with Gasteiger partial charge in [0.2, 0.25) is 0 Å². The van der Waals surface area contributed by atoms with Gasteiger partial charge in [0.1, 0.15) is 10.6 Å². The van der Waals surface area contributed by atoms with Crippen LogP contribution < -0.4 is 9.04 Å². The molecule has 2 heterocycles. The number of hydrogen-bond acceptors (Lipinski definition) is 5. The lowest BCUT2D eigenvalue weighted by Crippen LogP contribution is -2.37. The first-order valence-corrected chi connectivity index (χ1v) is 8.56. The standard InChI is InChI=1S/C15H17N3O4S/c1-9-15(10(2)17-16-9)23(20,21)18-7-6-14(19)12-5-4-11(22-3)8-13(12)18/h4-5,8H,6-7H2,1-3H3,(H,16,17). The molecule has 7 nitrogen and oxygen atoms in total. The van der Waals surface area contributed by atoms with Gasteiger partial charge in [-0.1, -0.05) is 0 Å². The molecule has 8 heteroatoms. The molecule has 0 saturated heterocycles. The molecular weight excluding hydrogens is 318 g/mol. The highest BCUT2D eigenvalue weighted by Gasteiger charge is 2.35. The van der Waals surface area contributed by atoms with E-state index in [2.05, 4.69) is 10.2 Å². The molecule has 0 spiro atoms.